The van der Waals surface area contributed by atoms with Crippen LogP contribution in [0.4, 0.5) is 0 Å². The number of aromatic nitrogens is 3. The van der Waals surface area contributed by atoms with Gasteiger partial charge in [0.2, 0.25) is 0 Å². The predicted molar refractivity (Wildman–Crippen MR) is 51.8 cm³/mol. The molecule has 0 aliphatic carbocycles. The third kappa shape index (κ3) is 1.93. The van der Waals surface area contributed by atoms with Gasteiger partial charge in [0, 0.05) is 20.1 Å². The predicted octanol–water partition coefficient (Wildman–Crippen LogP) is -0.0443. The lowest BCUT2D eigenvalue weighted by atomic mass is 10.4. The van der Waals surface area contributed by atoms with E-state index in [4.69, 9.17) is 4.74 Å². The SMILES string of the molecule is Cc1nnc(CN2CCOCC2)n1C. The van der Waals surface area contributed by atoms with Gasteiger partial charge in [-0.3, -0.25) is 4.90 Å². The van der Waals surface area contributed by atoms with E-state index in [0.29, 0.717) is 0 Å². The van der Waals surface area contributed by atoms with Gasteiger partial charge in [-0.05, 0) is 6.92 Å². The van der Waals surface area contributed by atoms with Gasteiger partial charge in [0.15, 0.2) is 0 Å². The van der Waals surface area contributed by atoms with Crippen molar-refractivity contribution in [3.05, 3.63) is 11.6 Å². The summed E-state index contributed by atoms with van der Waals surface area (Å²) in [5.74, 6) is 2.00. The molecule has 0 aromatic carbocycles. The zero-order valence-corrected chi connectivity index (χ0v) is 8.73. The second-order valence-corrected chi connectivity index (χ2v) is 3.61. The molecule has 14 heavy (non-hydrogen) atoms. The van der Waals surface area contributed by atoms with Crippen molar-refractivity contribution in [2.45, 2.75) is 13.5 Å². The summed E-state index contributed by atoms with van der Waals surface area (Å²) in [5, 5.41) is 8.18. The lowest BCUT2D eigenvalue weighted by Gasteiger charge is -2.25. The Kier molecular flexibility index (Phi) is 2.79. The summed E-state index contributed by atoms with van der Waals surface area (Å²) >= 11 is 0. The highest BCUT2D eigenvalue weighted by Crippen LogP contribution is 2.04. The molecule has 0 N–H and O–H groups in total. The van der Waals surface area contributed by atoms with E-state index in [1.54, 1.807) is 0 Å². The summed E-state index contributed by atoms with van der Waals surface area (Å²) in [6.07, 6.45) is 0. The number of aryl methyl sites for hydroxylation is 1. The van der Waals surface area contributed by atoms with Crippen LogP contribution in [0.5, 0.6) is 0 Å². The van der Waals surface area contributed by atoms with Crippen LogP contribution in [0.15, 0.2) is 0 Å². The monoisotopic (exact) mass is 196 g/mol. The Morgan fingerprint density at radius 3 is 2.57 bits per heavy atom. The zero-order chi connectivity index (χ0) is 9.97. The van der Waals surface area contributed by atoms with Crippen molar-refractivity contribution < 1.29 is 4.74 Å². The normalized spacial score (nSPS) is 18.7. The fraction of sp³-hybridized carbons (Fsp3) is 0.778. The van der Waals surface area contributed by atoms with Crippen LogP contribution in [0.3, 0.4) is 0 Å². The average Bonchev–Trinajstić information content (AvgIpc) is 2.52. The fourth-order valence-corrected chi connectivity index (χ4v) is 1.55. The number of hydrogen-bond acceptors (Lipinski definition) is 4. The minimum absolute atomic E-state index is 0.830. The van der Waals surface area contributed by atoms with Gasteiger partial charge in [-0.1, -0.05) is 0 Å². The highest BCUT2D eigenvalue weighted by molar-refractivity contribution is 4.92. The molecule has 1 saturated heterocycles. The van der Waals surface area contributed by atoms with Gasteiger partial charge in [-0.15, -0.1) is 10.2 Å². The highest BCUT2D eigenvalue weighted by atomic mass is 16.5. The first-order valence-corrected chi connectivity index (χ1v) is 4.92. The summed E-state index contributed by atoms with van der Waals surface area (Å²) in [6, 6.07) is 0. The van der Waals surface area contributed by atoms with Gasteiger partial charge in [-0.2, -0.15) is 0 Å². The van der Waals surface area contributed by atoms with E-state index < -0.39 is 0 Å². The number of hydrogen-bond donors (Lipinski definition) is 0. The second kappa shape index (κ2) is 4.06. The Morgan fingerprint density at radius 1 is 1.29 bits per heavy atom. The molecule has 78 valence electrons. The van der Waals surface area contributed by atoms with Gasteiger partial charge < -0.3 is 9.30 Å². The molecule has 5 nitrogen and oxygen atoms in total. The van der Waals surface area contributed by atoms with Crippen LogP contribution in [0, 0.1) is 6.92 Å². The maximum absolute atomic E-state index is 5.29. The molecule has 0 bridgehead atoms. The Morgan fingerprint density at radius 2 is 2.00 bits per heavy atom. The van der Waals surface area contributed by atoms with Crippen molar-refractivity contribution in [1.82, 2.24) is 19.7 Å². The van der Waals surface area contributed by atoms with Crippen LogP contribution in [0.25, 0.3) is 0 Å². The lowest BCUT2D eigenvalue weighted by Crippen LogP contribution is -2.36. The van der Waals surface area contributed by atoms with Gasteiger partial charge in [-0.25, -0.2) is 0 Å². The van der Waals surface area contributed by atoms with Crippen molar-refractivity contribution >= 4 is 0 Å². The minimum atomic E-state index is 0.830. The Bertz CT molecular complexity index is 304. The maximum Gasteiger partial charge on any atom is 0.146 e. The molecule has 1 aliphatic heterocycles. The molecule has 0 amide bonds. The van der Waals surface area contributed by atoms with Gasteiger partial charge in [0.1, 0.15) is 11.6 Å². The van der Waals surface area contributed by atoms with E-state index in [2.05, 4.69) is 15.1 Å². The van der Waals surface area contributed by atoms with Crippen LogP contribution >= 0.6 is 0 Å². The molecular formula is C9H16N4O. The molecule has 1 aromatic heterocycles. The number of morpholine rings is 1. The van der Waals surface area contributed by atoms with E-state index in [1.165, 1.54) is 0 Å². The van der Waals surface area contributed by atoms with E-state index in [-0.39, 0.29) is 0 Å². The smallest absolute Gasteiger partial charge is 0.146 e. The Hall–Kier alpha value is -0.940. The number of rotatable bonds is 2. The molecule has 5 heteroatoms. The van der Waals surface area contributed by atoms with Crippen LogP contribution in [-0.4, -0.2) is 46.0 Å². The molecule has 2 rings (SSSR count). The van der Waals surface area contributed by atoms with E-state index in [1.807, 2.05) is 18.5 Å². The third-order valence-electron chi connectivity index (χ3n) is 2.65. The van der Waals surface area contributed by atoms with Crippen molar-refractivity contribution in [3.8, 4) is 0 Å². The quantitative estimate of drug-likeness (QED) is 0.665. The van der Waals surface area contributed by atoms with E-state index in [0.717, 1.165) is 44.5 Å². The zero-order valence-electron chi connectivity index (χ0n) is 8.73. The summed E-state index contributed by atoms with van der Waals surface area (Å²) < 4.78 is 7.33. The van der Waals surface area contributed by atoms with Crippen LogP contribution < -0.4 is 0 Å². The summed E-state index contributed by atoms with van der Waals surface area (Å²) in [5.41, 5.74) is 0. The van der Waals surface area contributed by atoms with Gasteiger partial charge in [0.05, 0.1) is 19.8 Å². The molecule has 2 heterocycles. The van der Waals surface area contributed by atoms with Crippen molar-refractivity contribution in [2.24, 2.45) is 7.05 Å². The van der Waals surface area contributed by atoms with Crippen molar-refractivity contribution in [1.29, 1.82) is 0 Å². The standard InChI is InChI=1S/C9H16N4O/c1-8-10-11-9(12(8)2)7-13-3-5-14-6-4-13/h3-7H2,1-2H3. The first-order chi connectivity index (χ1) is 6.77. The molecule has 0 radical (unpaired) electrons. The first kappa shape index (κ1) is 9.61. The van der Waals surface area contributed by atoms with E-state index >= 15 is 0 Å². The van der Waals surface area contributed by atoms with Gasteiger partial charge in [0.25, 0.3) is 0 Å². The third-order valence-corrected chi connectivity index (χ3v) is 2.65. The molecule has 1 aromatic rings. The Labute approximate surface area is 83.7 Å². The second-order valence-electron chi connectivity index (χ2n) is 3.61. The number of nitrogens with zero attached hydrogens (tertiary/aromatic N) is 4. The molecule has 0 saturated carbocycles. The topological polar surface area (TPSA) is 43.2 Å². The number of ether oxygens (including phenoxy) is 1. The van der Waals surface area contributed by atoms with Crippen LogP contribution in [0.1, 0.15) is 11.6 Å². The largest absolute Gasteiger partial charge is 0.379 e. The van der Waals surface area contributed by atoms with E-state index in [9.17, 15) is 0 Å². The maximum atomic E-state index is 5.29. The Balaban J connectivity index is 1.99. The molecule has 1 aliphatic rings. The summed E-state index contributed by atoms with van der Waals surface area (Å²) in [6.45, 7) is 6.49. The average molecular weight is 196 g/mol. The fourth-order valence-electron chi connectivity index (χ4n) is 1.55. The molecule has 0 atom stereocenters. The van der Waals surface area contributed by atoms with Crippen LogP contribution in [-0.2, 0) is 18.3 Å². The summed E-state index contributed by atoms with van der Waals surface area (Å²) in [7, 11) is 2.01. The molecule has 0 spiro atoms. The van der Waals surface area contributed by atoms with Crippen molar-refractivity contribution in [3.63, 3.8) is 0 Å². The molecule has 0 unspecified atom stereocenters. The van der Waals surface area contributed by atoms with Crippen LogP contribution in [0.2, 0.25) is 0 Å². The lowest BCUT2D eigenvalue weighted by molar-refractivity contribution is 0.0326. The van der Waals surface area contributed by atoms with Crippen molar-refractivity contribution in [2.75, 3.05) is 26.3 Å². The van der Waals surface area contributed by atoms with Gasteiger partial charge >= 0.3 is 0 Å². The first-order valence-electron chi connectivity index (χ1n) is 4.92. The summed E-state index contributed by atoms with van der Waals surface area (Å²) in [4.78, 5) is 2.34. The molecule has 1 fully saturated rings. The minimum Gasteiger partial charge on any atom is -0.379 e. The molecular weight excluding hydrogens is 180 g/mol. The highest BCUT2D eigenvalue weighted by Gasteiger charge is 2.13.